The van der Waals surface area contributed by atoms with E-state index in [0.717, 1.165) is 45.0 Å². The molecule has 2 N–H and O–H groups in total. The number of hydrogen-bond donors (Lipinski definition) is 2. The van der Waals surface area contributed by atoms with Crippen molar-refractivity contribution in [1.29, 1.82) is 0 Å². The Hall–Kier alpha value is -0.910. The smallest absolute Gasteiger partial charge is 0.211 e. The normalized spacial score (nSPS) is 16.3. The van der Waals surface area contributed by atoms with E-state index >= 15 is 0 Å². The van der Waals surface area contributed by atoms with Crippen molar-refractivity contribution in [2.75, 3.05) is 45.5 Å². The van der Waals surface area contributed by atoms with Crippen molar-refractivity contribution >= 4 is 40.0 Å². The molecule has 0 radical (unpaired) electrons. The summed E-state index contributed by atoms with van der Waals surface area (Å²) in [5, 5.41) is 6.86. The van der Waals surface area contributed by atoms with Crippen molar-refractivity contribution in [3.8, 4) is 0 Å². The Bertz CT molecular complexity index is 722. The van der Waals surface area contributed by atoms with Crippen LogP contribution in [0.25, 0.3) is 0 Å². The molecule has 1 aromatic rings. The molecule has 0 spiro atoms. The lowest BCUT2D eigenvalue weighted by Crippen LogP contribution is -2.48. The second-order valence-corrected chi connectivity index (χ2v) is 9.53. The number of sulfonamides is 1. The Labute approximate surface area is 199 Å². The Kier molecular flexibility index (Phi) is 12.8. The van der Waals surface area contributed by atoms with Crippen molar-refractivity contribution in [2.45, 2.75) is 45.7 Å². The van der Waals surface area contributed by atoms with Crippen LogP contribution in [0.4, 0.5) is 0 Å². The molecule has 1 aliphatic heterocycles. The molecule has 0 aliphatic carbocycles. The molecule has 0 amide bonds. The molecule has 1 fully saturated rings. The zero-order valence-corrected chi connectivity index (χ0v) is 21.7. The lowest BCUT2D eigenvalue weighted by atomic mass is 10.0. The number of benzene rings is 1. The Morgan fingerprint density at radius 1 is 1.20 bits per heavy atom. The maximum Gasteiger partial charge on any atom is 0.211 e. The van der Waals surface area contributed by atoms with E-state index in [9.17, 15) is 8.42 Å². The van der Waals surface area contributed by atoms with Crippen LogP contribution in [-0.4, -0.2) is 75.1 Å². The van der Waals surface area contributed by atoms with Gasteiger partial charge in [0.25, 0.3) is 0 Å². The first-order valence-electron chi connectivity index (χ1n) is 10.7. The van der Waals surface area contributed by atoms with Gasteiger partial charge in [-0.3, -0.25) is 9.89 Å². The van der Waals surface area contributed by atoms with Gasteiger partial charge in [0, 0.05) is 51.9 Å². The van der Waals surface area contributed by atoms with Crippen LogP contribution < -0.4 is 10.6 Å². The second kappa shape index (κ2) is 14.2. The van der Waals surface area contributed by atoms with E-state index in [4.69, 9.17) is 0 Å². The SMILES string of the molecule is CCNC(=NCCCN(CC)S(C)(=O)=O)NC1CCN(Cc2ccccc2)CC1.I. The summed E-state index contributed by atoms with van der Waals surface area (Å²) in [5.41, 5.74) is 1.36. The summed E-state index contributed by atoms with van der Waals surface area (Å²) in [6.45, 7) is 9.51. The third kappa shape index (κ3) is 9.93. The van der Waals surface area contributed by atoms with E-state index in [1.54, 1.807) is 0 Å². The number of aliphatic imine (C=N–C) groups is 1. The number of guanidine groups is 1. The highest BCUT2D eigenvalue weighted by atomic mass is 127. The van der Waals surface area contributed by atoms with Crippen molar-refractivity contribution in [2.24, 2.45) is 4.99 Å². The van der Waals surface area contributed by atoms with Crippen LogP contribution in [0.1, 0.15) is 38.7 Å². The van der Waals surface area contributed by atoms with E-state index in [0.29, 0.717) is 32.1 Å². The predicted octanol–water partition coefficient (Wildman–Crippen LogP) is 2.50. The van der Waals surface area contributed by atoms with Crippen LogP contribution >= 0.6 is 24.0 Å². The summed E-state index contributed by atoms with van der Waals surface area (Å²) in [5.74, 6) is 0.830. The van der Waals surface area contributed by atoms with E-state index in [1.165, 1.54) is 16.1 Å². The summed E-state index contributed by atoms with van der Waals surface area (Å²) >= 11 is 0. The Balaban J connectivity index is 0.00000450. The highest BCUT2D eigenvalue weighted by Gasteiger charge is 2.20. The van der Waals surface area contributed by atoms with Crippen molar-refractivity contribution in [3.63, 3.8) is 0 Å². The Morgan fingerprint density at radius 2 is 1.87 bits per heavy atom. The molecule has 0 atom stereocenters. The first-order valence-corrected chi connectivity index (χ1v) is 12.5. The molecule has 2 rings (SSSR count). The van der Waals surface area contributed by atoms with Gasteiger partial charge in [0.15, 0.2) is 5.96 Å². The molecule has 1 heterocycles. The highest BCUT2D eigenvalue weighted by molar-refractivity contribution is 14.0. The fraction of sp³-hybridized carbons (Fsp3) is 0.667. The number of nitrogens with one attached hydrogen (secondary N) is 2. The van der Waals surface area contributed by atoms with Gasteiger partial charge in [0.1, 0.15) is 0 Å². The van der Waals surface area contributed by atoms with E-state index in [2.05, 4.69) is 57.8 Å². The van der Waals surface area contributed by atoms with E-state index in [1.807, 2.05) is 6.92 Å². The maximum absolute atomic E-state index is 11.7. The van der Waals surface area contributed by atoms with Crippen molar-refractivity contribution < 1.29 is 8.42 Å². The largest absolute Gasteiger partial charge is 0.357 e. The average molecular weight is 552 g/mol. The number of hydrogen-bond acceptors (Lipinski definition) is 4. The molecule has 1 aromatic carbocycles. The number of piperidine rings is 1. The number of likely N-dealkylation sites (tertiary alicyclic amines) is 1. The first kappa shape index (κ1) is 27.1. The van der Waals surface area contributed by atoms with E-state index < -0.39 is 10.0 Å². The van der Waals surface area contributed by atoms with Gasteiger partial charge < -0.3 is 10.6 Å². The van der Waals surface area contributed by atoms with Gasteiger partial charge in [-0.25, -0.2) is 12.7 Å². The zero-order valence-electron chi connectivity index (χ0n) is 18.5. The lowest BCUT2D eigenvalue weighted by Gasteiger charge is -2.33. The molecule has 1 saturated heterocycles. The van der Waals surface area contributed by atoms with Crippen LogP contribution in [-0.2, 0) is 16.6 Å². The summed E-state index contributed by atoms with van der Waals surface area (Å²) in [7, 11) is -3.13. The van der Waals surface area contributed by atoms with E-state index in [-0.39, 0.29) is 24.0 Å². The summed E-state index contributed by atoms with van der Waals surface area (Å²) in [4.78, 5) is 7.14. The van der Waals surface area contributed by atoms with Crippen LogP contribution in [0.3, 0.4) is 0 Å². The molecule has 9 heteroatoms. The molecule has 0 unspecified atom stereocenters. The predicted molar refractivity (Wildman–Crippen MR) is 136 cm³/mol. The average Bonchev–Trinajstić information content (AvgIpc) is 2.69. The van der Waals surface area contributed by atoms with Gasteiger partial charge in [0.2, 0.25) is 10.0 Å². The third-order valence-corrected chi connectivity index (χ3v) is 6.56. The quantitative estimate of drug-likeness (QED) is 0.202. The van der Waals surface area contributed by atoms with Crippen LogP contribution in [0, 0.1) is 0 Å². The minimum Gasteiger partial charge on any atom is -0.357 e. The summed E-state index contributed by atoms with van der Waals surface area (Å²) < 4.78 is 24.8. The van der Waals surface area contributed by atoms with Gasteiger partial charge in [-0.15, -0.1) is 24.0 Å². The fourth-order valence-electron chi connectivity index (χ4n) is 3.59. The minimum absolute atomic E-state index is 0. The number of rotatable bonds is 10. The lowest BCUT2D eigenvalue weighted by molar-refractivity contribution is 0.198. The maximum atomic E-state index is 11.7. The van der Waals surface area contributed by atoms with Crippen molar-refractivity contribution in [3.05, 3.63) is 35.9 Å². The highest BCUT2D eigenvalue weighted by Crippen LogP contribution is 2.13. The molecule has 0 aromatic heterocycles. The van der Waals surface area contributed by atoms with Gasteiger partial charge in [-0.1, -0.05) is 37.3 Å². The minimum atomic E-state index is -3.13. The van der Waals surface area contributed by atoms with Gasteiger partial charge in [-0.2, -0.15) is 0 Å². The zero-order chi connectivity index (χ0) is 21.1. The first-order chi connectivity index (χ1) is 13.9. The molecule has 172 valence electrons. The summed E-state index contributed by atoms with van der Waals surface area (Å²) in [6.07, 6.45) is 4.16. The number of nitrogens with zero attached hydrogens (tertiary/aromatic N) is 3. The van der Waals surface area contributed by atoms with Crippen LogP contribution in [0.5, 0.6) is 0 Å². The summed E-state index contributed by atoms with van der Waals surface area (Å²) in [6, 6.07) is 11.0. The number of halogens is 1. The standard InChI is InChI=1S/C21H37N5O2S.HI/c1-4-22-21(23-14-9-15-26(5-2)29(3,27)28)24-20-12-16-25(17-13-20)18-19-10-7-6-8-11-19;/h6-8,10-11,20H,4-5,9,12-18H2,1-3H3,(H2,22,23,24);1H. The molecule has 30 heavy (non-hydrogen) atoms. The molecule has 0 bridgehead atoms. The Morgan fingerprint density at radius 3 is 2.43 bits per heavy atom. The van der Waals surface area contributed by atoms with Crippen molar-refractivity contribution in [1.82, 2.24) is 19.8 Å². The fourth-order valence-corrected chi connectivity index (χ4v) is 4.52. The second-order valence-electron chi connectivity index (χ2n) is 7.55. The van der Waals surface area contributed by atoms with Gasteiger partial charge >= 0.3 is 0 Å². The monoisotopic (exact) mass is 551 g/mol. The molecular weight excluding hydrogens is 513 g/mol. The third-order valence-electron chi connectivity index (χ3n) is 5.18. The van der Waals surface area contributed by atoms with Crippen LogP contribution in [0.15, 0.2) is 35.3 Å². The molecule has 0 saturated carbocycles. The van der Waals surface area contributed by atoms with Gasteiger partial charge in [0.05, 0.1) is 6.26 Å². The topological polar surface area (TPSA) is 77.0 Å². The van der Waals surface area contributed by atoms with Crippen LogP contribution in [0.2, 0.25) is 0 Å². The molecular formula is C21H38IN5O2S. The van der Waals surface area contributed by atoms with Gasteiger partial charge in [-0.05, 0) is 31.7 Å². The molecule has 1 aliphatic rings. The molecule has 7 nitrogen and oxygen atoms in total.